The number of amides is 2. The first-order chi connectivity index (χ1) is 12.7. The van der Waals surface area contributed by atoms with E-state index in [0.29, 0.717) is 18.1 Å². The number of nitrogens with zero attached hydrogens (tertiary/aromatic N) is 2. The first kappa shape index (κ1) is 18.3. The number of thioether (sulfide) groups is 1. The molecule has 2 aromatic rings. The molecule has 7 nitrogen and oxygen atoms in total. The molecule has 0 saturated carbocycles. The van der Waals surface area contributed by atoms with E-state index in [2.05, 4.69) is 15.7 Å². The van der Waals surface area contributed by atoms with Crippen LogP contribution in [-0.4, -0.2) is 34.7 Å². The van der Waals surface area contributed by atoms with Crippen LogP contribution in [0.15, 0.2) is 30.3 Å². The normalized spacial score (nSPS) is 12.5. The van der Waals surface area contributed by atoms with Crippen molar-refractivity contribution in [2.24, 2.45) is 0 Å². The highest BCUT2D eigenvalue weighted by Crippen LogP contribution is 2.34. The monoisotopic (exact) mass is 374 g/mol. The maximum absolute atomic E-state index is 12.3. The van der Waals surface area contributed by atoms with E-state index in [1.54, 1.807) is 28.6 Å². The van der Waals surface area contributed by atoms with Gasteiger partial charge in [0, 0.05) is 23.6 Å². The number of nitrogens with one attached hydrogen (secondary N) is 2. The van der Waals surface area contributed by atoms with E-state index in [-0.39, 0.29) is 25.0 Å². The number of aromatic nitrogens is 2. The van der Waals surface area contributed by atoms with Crippen molar-refractivity contribution in [1.82, 2.24) is 15.1 Å². The van der Waals surface area contributed by atoms with E-state index < -0.39 is 0 Å². The topological polar surface area (TPSA) is 85.3 Å². The van der Waals surface area contributed by atoms with Crippen LogP contribution in [0.4, 0.5) is 5.82 Å². The number of fused-ring (bicyclic) bond motifs is 1. The van der Waals surface area contributed by atoms with Gasteiger partial charge in [-0.1, -0.05) is 25.1 Å². The largest absolute Gasteiger partial charge is 0.484 e. The molecule has 26 heavy (non-hydrogen) atoms. The Morgan fingerprint density at radius 1 is 1.23 bits per heavy atom. The Morgan fingerprint density at radius 2 is 2.04 bits per heavy atom. The summed E-state index contributed by atoms with van der Waals surface area (Å²) in [5.74, 6) is 2.41. The van der Waals surface area contributed by atoms with E-state index in [1.807, 2.05) is 25.1 Å². The molecule has 0 aliphatic carbocycles. The van der Waals surface area contributed by atoms with Crippen molar-refractivity contribution in [2.45, 2.75) is 31.4 Å². The zero-order chi connectivity index (χ0) is 18.4. The Balaban J connectivity index is 1.65. The molecule has 8 heteroatoms. The van der Waals surface area contributed by atoms with E-state index in [4.69, 9.17) is 4.74 Å². The van der Waals surface area contributed by atoms with Crippen molar-refractivity contribution in [3.05, 3.63) is 41.6 Å². The van der Waals surface area contributed by atoms with Gasteiger partial charge in [0.15, 0.2) is 6.61 Å². The van der Waals surface area contributed by atoms with Gasteiger partial charge in [0.2, 0.25) is 5.91 Å². The molecule has 2 amide bonds. The Hall–Kier alpha value is -2.48. The third-order valence-corrected chi connectivity index (χ3v) is 4.83. The van der Waals surface area contributed by atoms with Crippen LogP contribution in [0.1, 0.15) is 24.6 Å². The highest BCUT2D eigenvalue weighted by atomic mass is 32.2. The minimum Gasteiger partial charge on any atom is -0.484 e. The molecule has 0 radical (unpaired) electrons. The Morgan fingerprint density at radius 3 is 2.81 bits per heavy atom. The molecule has 1 aromatic heterocycles. The van der Waals surface area contributed by atoms with Gasteiger partial charge in [0.25, 0.3) is 5.91 Å². The zero-order valence-corrected chi connectivity index (χ0v) is 15.5. The lowest BCUT2D eigenvalue weighted by Crippen LogP contribution is -2.30. The summed E-state index contributed by atoms with van der Waals surface area (Å²) >= 11 is 1.74. The molecule has 1 aliphatic heterocycles. The van der Waals surface area contributed by atoms with Crippen LogP contribution in [0.25, 0.3) is 0 Å². The molecular formula is C18H22N4O3S. The number of hydrogen-bond donors (Lipinski definition) is 2. The molecule has 0 bridgehead atoms. The number of carbonyl (C=O) groups is 2. The van der Waals surface area contributed by atoms with Gasteiger partial charge in [-0.2, -0.15) is 16.9 Å². The van der Waals surface area contributed by atoms with Gasteiger partial charge in [-0.05, 0) is 18.6 Å². The minimum absolute atomic E-state index is 0.0901. The van der Waals surface area contributed by atoms with Crippen LogP contribution >= 0.6 is 11.8 Å². The van der Waals surface area contributed by atoms with Crippen LogP contribution in [0, 0.1) is 0 Å². The fraction of sp³-hybridized carbons (Fsp3) is 0.389. The summed E-state index contributed by atoms with van der Waals surface area (Å²) in [5.41, 5.74) is 1.92. The molecule has 0 atom stereocenters. The molecule has 3 rings (SSSR count). The Kier molecular flexibility index (Phi) is 6.17. The zero-order valence-electron chi connectivity index (χ0n) is 14.7. The first-order valence-electron chi connectivity index (χ1n) is 8.58. The Labute approximate surface area is 156 Å². The highest BCUT2D eigenvalue weighted by Gasteiger charge is 2.24. The summed E-state index contributed by atoms with van der Waals surface area (Å²) < 4.78 is 7.06. The van der Waals surface area contributed by atoms with Gasteiger partial charge < -0.3 is 15.4 Å². The number of para-hydroxylation sites is 1. The predicted octanol–water partition coefficient (Wildman–Crippen LogP) is 2.17. The molecule has 1 aliphatic rings. The van der Waals surface area contributed by atoms with Crippen molar-refractivity contribution in [2.75, 3.05) is 18.5 Å². The van der Waals surface area contributed by atoms with E-state index in [1.165, 1.54) is 0 Å². The summed E-state index contributed by atoms with van der Waals surface area (Å²) in [4.78, 5) is 24.3. The lowest BCUT2D eigenvalue weighted by molar-refractivity contribution is -0.122. The molecule has 2 heterocycles. The fourth-order valence-corrected chi connectivity index (χ4v) is 3.65. The Bertz CT molecular complexity index is 776. The maximum atomic E-state index is 12.3. The SMILES string of the molecule is CCCNC(=O)Cn1nc2c(c1NC(=O)COc1ccccc1)CSC2. The van der Waals surface area contributed by atoms with Gasteiger partial charge in [-0.15, -0.1) is 0 Å². The van der Waals surface area contributed by atoms with E-state index in [0.717, 1.165) is 29.2 Å². The van der Waals surface area contributed by atoms with Crippen LogP contribution in [0.2, 0.25) is 0 Å². The summed E-state index contributed by atoms with van der Waals surface area (Å²) in [6.45, 7) is 2.62. The second-order valence-corrected chi connectivity index (χ2v) is 6.91. The van der Waals surface area contributed by atoms with Crippen LogP contribution < -0.4 is 15.4 Å². The van der Waals surface area contributed by atoms with Crippen LogP contribution in [-0.2, 0) is 27.6 Å². The summed E-state index contributed by atoms with van der Waals surface area (Å²) in [5, 5.41) is 10.2. The number of benzene rings is 1. The number of anilines is 1. The van der Waals surface area contributed by atoms with Crippen LogP contribution in [0.5, 0.6) is 5.75 Å². The van der Waals surface area contributed by atoms with Crippen LogP contribution in [0.3, 0.4) is 0 Å². The summed E-state index contributed by atoms with van der Waals surface area (Å²) in [7, 11) is 0. The molecular weight excluding hydrogens is 352 g/mol. The fourth-order valence-electron chi connectivity index (χ4n) is 2.61. The van der Waals surface area contributed by atoms with Crippen molar-refractivity contribution >= 4 is 29.4 Å². The lowest BCUT2D eigenvalue weighted by Gasteiger charge is -2.11. The molecule has 2 N–H and O–H groups in total. The molecule has 0 saturated heterocycles. The van der Waals surface area contributed by atoms with E-state index >= 15 is 0 Å². The van der Waals surface area contributed by atoms with E-state index in [9.17, 15) is 9.59 Å². The highest BCUT2D eigenvalue weighted by molar-refractivity contribution is 7.98. The smallest absolute Gasteiger partial charge is 0.263 e. The molecule has 0 spiro atoms. The third-order valence-electron chi connectivity index (χ3n) is 3.86. The molecule has 0 fully saturated rings. The van der Waals surface area contributed by atoms with Crippen molar-refractivity contribution in [3.8, 4) is 5.75 Å². The standard InChI is InChI=1S/C18H22N4O3S/c1-2-8-19-16(23)9-22-18(14-11-26-12-15(14)21-22)20-17(24)10-25-13-6-4-3-5-7-13/h3-7H,2,8-12H2,1H3,(H,19,23)(H,20,24). The molecule has 0 unspecified atom stereocenters. The van der Waals surface area contributed by atoms with Gasteiger partial charge >= 0.3 is 0 Å². The molecule has 1 aromatic carbocycles. The second-order valence-electron chi connectivity index (χ2n) is 5.92. The van der Waals surface area contributed by atoms with Gasteiger partial charge in [-0.3, -0.25) is 9.59 Å². The summed E-state index contributed by atoms with van der Waals surface area (Å²) in [6, 6.07) is 9.17. The van der Waals surface area contributed by atoms with Gasteiger partial charge in [0.1, 0.15) is 18.1 Å². The number of rotatable bonds is 8. The lowest BCUT2D eigenvalue weighted by atomic mass is 10.3. The van der Waals surface area contributed by atoms with Crippen molar-refractivity contribution in [3.63, 3.8) is 0 Å². The first-order valence-corrected chi connectivity index (χ1v) is 9.73. The number of ether oxygens (including phenoxy) is 1. The average Bonchev–Trinajstić information content (AvgIpc) is 3.22. The quantitative estimate of drug-likeness (QED) is 0.740. The predicted molar refractivity (Wildman–Crippen MR) is 101 cm³/mol. The summed E-state index contributed by atoms with van der Waals surface area (Å²) in [6.07, 6.45) is 0.873. The molecule has 138 valence electrons. The maximum Gasteiger partial charge on any atom is 0.263 e. The average molecular weight is 374 g/mol. The van der Waals surface area contributed by atoms with Crippen molar-refractivity contribution in [1.29, 1.82) is 0 Å². The third kappa shape index (κ3) is 4.57. The van der Waals surface area contributed by atoms with Gasteiger partial charge in [-0.25, -0.2) is 4.68 Å². The second kappa shape index (κ2) is 8.75. The van der Waals surface area contributed by atoms with Crippen molar-refractivity contribution < 1.29 is 14.3 Å². The minimum atomic E-state index is -0.274. The number of carbonyl (C=O) groups excluding carboxylic acids is 2. The number of hydrogen-bond acceptors (Lipinski definition) is 5. The van der Waals surface area contributed by atoms with Gasteiger partial charge in [0.05, 0.1) is 5.69 Å².